The highest BCUT2D eigenvalue weighted by Crippen LogP contribution is 2.32. The van der Waals surface area contributed by atoms with E-state index in [2.05, 4.69) is 10.1 Å². The Balaban J connectivity index is 1.81. The first-order valence-electron chi connectivity index (χ1n) is 6.47. The minimum Gasteiger partial charge on any atom is -0.339 e. The summed E-state index contributed by atoms with van der Waals surface area (Å²) in [6.45, 7) is 0. The van der Waals surface area contributed by atoms with Crippen molar-refractivity contribution >= 4 is 0 Å². The molecule has 3 rings (SSSR count). The molecule has 1 fully saturated rings. The Hall–Kier alpha value is -1.68. The standard InChI is InChI=1S/C14H17N3O/c15-12-8-4-7-11(9-12)14-16-13(17-18-14)10-5-2-1-3-6-10/h1-3,5-6,11-12H,4,7-9,15H2. The Kier molecular flexibility index (Phi) is 3.11. The highest BCUT2D eigenvalue weighted by Gasteiger charge is 2.25. The first-order valence-corrected chi connectivity index (χ1v) is 6.47. The van der Waals surface area contributed by atoms with Gasteiger partial charge in [0.2, 0.25) is 11.7 Å². The number of nitrogens with two attached hydrogens (primary N) is 1. The van der Waals surface area contributed by atoms with E-state index in [1.807, 2.05) is 30.3 Å². The van der Waals surface area contributed by atoms with Crippen molar-refractivity contribution in [3.05, 3.63) is 36.2 Å². The van der Waals surface area contributed by atoms with Crippen LogP contribution in [0.5, 0.6) is 0 Å². The molecule has 2 atom stereocenters. The molecular formula is C14H17N3O. The van der Waals surface area contributed by atoms with Crippen molar-refractivity contribution in [3.8, 4) is 11.4 Å². The Morgan fingerprint density at radius 1 is 1.17 bits per heavy atom. The molecule has 4 nitrogen and oxygen atoms in total. The molecule has 0 saturated heterocycles. The van der Waals surface area contributed by atoms with Crippen molar-refractivity contribution in [2.45, 2.75) is 37.6 Å². The van der Waals surface area contributed by atoms with Gasteiger partial charge in [-0.05, 0) is 19.3 Å². The Labute approximate surface area is 106 Å². The fourth-order valence-corrected chi connectivity index (χ4v) is 2.56. The SMILES string of the molecule is NC1CCCC(c2nc(-c3ccccc3)no2)C1. The van der Waals surface area contributed by atoms with Crippen LogP contribution in [0.3, 0.4) is 0 Å². The summed E-state index contributed by atoms with van der Waals surface area (Å²) in [7, 11) is 0. The van der Waals surface area contributed by atoms with Gasteiger partial charge in [-0.3, -0.25) is 0 Å². The summed E-state index contributed by atoms with van der Waals surface area (Å²) in [5.74, 6) is 1.74. The predicted octanol–water partition coefficient (Wildman–Crippen LogP) is 2.72. The lowest BCUT2D eigenvalue weighted by Crippen LogP contribution is -2.26. The monoisotopic (exact) mass is 243 g/mol. The summed E-state index contributed by atoms with van der Waals surface area (Å²) < 4.78 is 5.39. The van der Waals surface area contributed by atoms with Crippen LogP contribution in [0.15, 0.2) is 34.9 Å². The molecular weight excluding hydrogens is 226 g/mol. The molecule has 1 saturated carbocycles. The van der Waals surface area contributed by atoms with Crippen LogP contribution >= 0.6 is 0 Å². The molecule has 4 heteroatoms. The van der Waals surface area contributed by atoms with Crippen molar-refractivity contribution in [1.29, 1.82) is 0 Å². The van der Waals surface area contributed by atoms with Crippen LogP contribution in [0.2, 0.25) is 0 Å². The number of aromatic nitrogens is 2. The van der Waals surface area contributed by atoms with E-state index in [9.17, 15) is 0 Å². The Morgan fingerprint density at radius 3 is 2.78 bits per heavy atom. The largest absolute Gasteiger partial charge is 0.339 e. The number of nitrogens with zero attached hydrogens (tertiary/aromatic N) is 2. The van der Waals surface area contributed by atoms with Crippen molar-refractivity contribution < 1.29 is 4.52 Å². The van der Waals surface area contributed by atoms with Crippen LogP contribution in [-0.2, 0) is 0 Å². The molecule has 2 N–H and O–H groups in total. The first-order chi connectivity index (χ1) is 8.83. The van der Waals surface area contributed by atoms with E-state index in [-0.39, 0.29) is 6.04 Å². The van der Waals surface area contributed by atoms with Crippen molar-refractivity contribution in [2.24, 2.45) is 5.73 Å². The molecule has 1 aromatic heterocycles. The van der Waals surface area contributed by atoms with Crippen LogP contribution in [0.4, 0.5) is 0 Å². The topological polar surface area (TPSA) is 64.9 Å². The lowest BCUT2D eigenvalue weighted by molar-refractivity contribution is 0.299. The maximum Gasteiger partial charge on any atom is 0.230 e. The molecule has 1 aliphatic carbocycles. The van der Waals surface area contributed by atoms with Gasteiger partial charge in [0.25, 0.3) is 0 Å². The third kappa shape index (κ3) is 2.29. The van der Waals surface area contributed by atoms with Gasteiger partial charge in [-0.15, -0.1) is 0 Å². The van der Waals surface area contributed by atoms with Gasteiger partial charge in [0.15, 0.2) is 0 Å². The van der Waals surface area contributed by atoms with Crippen LogP contribution < -0.4 is 5.73 Å². The number of hydrogen-bond acceptors (Lipinski definition) is 4. The fourth-order valence-electron chi connectivity index (χ4n) is 2.56. The predicted molar refractivity (Wildman–Crippen MR) is 68.9 cm³/mol. The van der Waals surface area contributed by atoms with Crippen LogP contribution in [-0.4, -0.2) is 16.2 Å². The molecule has 94 valence electrons. The first kappa shape index (κ1) is 11.4. The average Bonchev–Trinajstić information content (AvgIpc) is 2.89. The normalized spacial score (nSPS) is 24.1. The van der Waals surface area contributed by atoms with E-state index >= 15 is 0 Å². The van der Waals surface area contributed by atoms with Crippen molar-refractivity contribution in [1.82, 2.24) is 10.1 Å². The van der Waals surface area contributed by atoms with E-state index < -0.39 is 0 Å². The second-order valence-electron chi connectivity index (χ2n) is 4.95. The van der Waals surface area contributed by atoms with Gasteiger partial charge >= 0.3 is 0 Å². The average molecular weight is 243 g/mol. The summed E-state index contributed by atoms with van der Waals surface area (Å²) >= 11 is 0. The lowest BCUT2D eigenvalue weighted by atomic mass is 9.86. The zero-order valence-electron chi connectivity index (χ0n) is 10.2. The van der Waals surface area contributed by atoms with E-state index in [1.165, 1.54) is 0 Å². The second kappa shape index (κ2) is 4.90. The molecule has 1 aliphatic rings. The van der Waals surface area contributed by atoms with E-state index in [1.54, 1.807) is 0 Å². The molecule has 1 heterocycles. The van der Waals surface area contributed by atoms with E-state index in [0.717, 1.165) is 37.1 Å². The highest BCUT2D eigenvalue weighted by molar-refractivity contribution is 5.53. The van der Waals surface area contributed by atoms with Gasteiger partial charge in [-0.2, -0.15) is 4.98 Å². The lowest BCUT2D eigenvalue weighted by Gasteiger charge is -2.23. The summed E-state index contributed by atoms with van der Waals surface area (Å²) in [4.78, 5) is 4.51. The molecule has 0 spiro atoms. The second-order valence-corrected chi connectivity index (χ2v) is 4.95. The third-order valence-electron chi connectivity index (χ3n) is 3.54. The van der Waals surface area contributed by atoms with Crippen LogP contribution in [0, 0.1) is 0 Å². The molecule has 2 aromatic rings. The Bertz CT molecular complexity index is 509. The molecule has 18 heavy (non-hydrogen) atoms. The Morgan fingerprint density at radius 2 is 2.00 bits per heavy atom. The number of benzene rings is 1. The third-order valence-corrected chi connectivity index (χ3v) is 3.54. The maximum absolute atomic E-state index is 5.99. The zero-order chi connectivity index (χ0) is 12.4. The van der Waals surface area contributed by atoms with Gasteiger partial charge in [0.1, 0.15) is 0 Å². The maximum atomic E-state index is 5.99. The van der Waals surface area contributed by atoms with E-state index in [0.29, 0.717) is 11.7 Å². The van der Waals surface area contributed by atoms with Crippen molar-refractivity contribution in [2.75, 3.05) is 0 Å². The summed E-state index contributed by atoms with van der Waals surface area (Å²) in [5, 5.41) is 4.06. The molecule has 0 aliphatic heterocycles. The van der Waals surface area contributed by atoms with E-state index in [4.69, 9.17) is 10.3 Å². The highest BCUT2D eigenvalue weighted by atomic mass is 16.5. The number of hydrogen-bond donors (Lipinski definition) is 1. The van der Waals surface area contributed by atoms with Gasteiger partial charge < -0.3 is 10.3 Å². The smallest absolute Gasteiger partial charge is 0.230 e. The number of rotatable bonds is 2. The minimum absolute atomic E-state index is 0.274. The van der Waals surface area contributed by atoms with Crippen molar-refractivity contribution in [3.63, 3.8) is 0 Å². The zero-order valence-corrected chi connectivity index (χ0v) is 10.2. The van der Waals surface area contributed by atoms with Gasteiger partial charge in [0.05, 0.1) is 0 Å². The fraction of sp³-hybridized carbons (Fsp3) is 0.429. The van der Waals surface area contributed by atoms with Crippen LogP contribution in [0.25, 0.3) is 11.4 Å². The van der Waals surface area contributed by atoms with Gasteiger partial charge in [-0.25, -0.2) is 0 Å². The molecule has 0 amide bonds. The summed E-state index contributed by atoms with van der Waals surface area (Å²) in [6, 6.07) is 10.2. The quantitative estimate of drug-likeness (QED) is 0.880. The van der Waals surface area contributed by atoms with Gasteiger partial charge in [-0.1, -0.05) is 41.9 Å². The molecule has 0 radical (unpaired) electrons. The summed E-state index contributed by atoms with van der Waals surface area (Å²) in [6.07, 6.45) is 4.31. The van der Waals surface area contributed by atoms with Gasteiger partial charge in [0, 0.05) is 17.5 Å². The summed E-state index contributed by atoms with van der Waals surface area (Å²) in [5.41, 5.74) is 6.98. The molecule has 1 aromatic carbocycles. The minimum atomic E-state index is 0.274. The molecule has 0 bridgehead atoms. The molecule has 2 unspecified atom stereocenters. The van der Waals surface area contributed by atoms with Crippen LogP contribution in [0.1, 0.15) is 37.5 Å².